The first-order chi connectivity index (χ1) is 9.01. The van der Waals surface area contributed by atoms with Gasteiger partial charge in [0.1, 0.15) is 0 Å². The lowest BCUT2D eigenvalue weighted by Crippen LogP contribution is -2.35. The monoisotopic (exact) mass is 299 g/mol. The van der Waals surface area contributed by atoms with E-state index in [1.165, 1.54) is 4.88 Å². The van der Waals surface area contributed by atoms with E-state index in [0.29, 0.717) is 25.3 Å². The van der Waals surface area contributed by atoms with Crippen molar-refractivity contribution in [2.24, 2.45) is 5.41 Å². The molecule has 0 aliphatic carbocycles. The van der Waals surface area contributed by atoms with Crippen molar-refractivity contribution >= 4 is 35.0 Å². The molecule has 1 saturated heterocycles. The summed E-state index contributed by atoms with van der Waals surface area (Å²) in [4.78, 5) is 26.1. The fourth-order valence-electron chi connectivity index (χ4n) is 2.07. The summed E-state index contributed by atoms with van der Waals surface area (Å²) in [5.74, 6) is 0.502. The van der Waals surface area contributed by atoms with E-state index in [9.17, 15) is 9.59 Å². The van der Waals surface area contributed by atoms with Crippen molar-refractivity contribution in [2.75, 3.05) is 18.8 Å². The molecule has 0 bridgehead atoms. The predicted molar refractivity (Wildman–Crippen MR) is 77.4 cm³/mol. The number of hydrogen-bond acceptors (Lipinski definition) is 4. The van der Waals surface area contributed by atoms with Gasteiger partial charge in [-0.15, -0.1) is 23.1 Å². The lowest BCUT2D eigenvalue weighted by atomic mass is 9.90. The van der Waals surface area contributed by atoms with Crippen LogP contribution in [-0.4, -0.2) is 40.7 Å². The standard InChI is InChI=1S/C13H17NO3S2/c1-13(12(16)17)4-5-14(9-13)11(15)8-18-7-10-3-2-6-19-10/h2-3,6H,4-5,7-9H2,1H3,(H,16,17). The van der Waals surface area contributed by atoms with Gasteiger partial charge in [0, 0.05) is 23.7 Å². The third kappa shape index (κ3) is 3.51. The Labute approximate surface area is 120 Å². The first-order valence-electron chi connectivity index (χ1n) is 6.12. The van der Waals surface area contributed by atoms with E-state index in [4.69, 9.17) is 5.11 Å². The van der Waals surface area contributed by atoms with Crippen molar-refractivity contribution in [3.63, 3.8) is 0 Å². The molecule has 6 heteroatoms. The van der Waals surface area contributed by atoms with Crippen LogP contribution < -0.4 is 0 Å². The maximum atomic E-state index is 12.0. The Morgan fingerprint density at radius 1 is 1.58 bits per heavy atom. The summed E-state index contributed by atoms with van der Waals surface area (Å²) < 4.78 is 0. The van der Waals surface area contributed by atoms with E-state index in [1.807, 2.05) is 11.4 Å². The number of rotatable bonds is 5. The SMILES string of the molecule is CC1(C(=O)O)CCN(C(=O)CSCc2cccs2)C1. The number of carboxylic acids is 1. The average molecular weight is 299 g/mol. The summed E-state index contributed by atoms with van der Waals surface area (Å²) in [6, 6.07) is 4.06. The molecule has 2 heterocycles. The second-order valence-electron chi connectivity index (χ2n) is 5.00. The van der Waals surface area contributed by atoms with E-state index in [-0.39, 0.29) is 5.91 Å². The minimum Gasteiger partial charge on any atom is -0.481 e. The third-order valence-corrected chi connectivity index (χ3v) is 5.42. The Hall–Kier alpha value is -1.01. The topological polar surface area (TPSA) is 57.6 Å². The normalized spacial score (nSPS) is 22.7. The fourth-order valence-corrected chi connectivity index (χ4v) is 3.84. The van der Waals surface area contributed by atoms with Gasteiger partial charge in [0.25, 0.3) is 0 Å². The number of carbonyl (C=O) groups excluding carboxylic acids is 1. The molecular weight excluding hydrogens is 282 g/mol. The summed E-state index contributed by atoms with van der Waals surface area (Å²) in [5, 5.41) is 11.2. The largest absolute Gasteiger partial charge is 0.481 e. The Kier molecular flexibility index (Phi) is 4.52. The summed E-state index contributed by atoms with van der Waals surface area (Å²) in [7, 11) is 0. The molecule has 4 nitrogen and oxygen atoms in total. The number of likely N-dealkylation sites (tertiary alicyclic amines) is 1. The van der Waals surface area contributed by atoms with E-state index < -0.39 is 11.4 Å². The van der Waals surface area contributed by atoms with Crippen LogP contribution in [0.25, 0.3) is 0 Å². The predicted octanol–water partition coefficient (Wildman–Crippen LogP) is 2.30. The van der Waals surface area contributed by atoms with E-state index in [0.717, 1.165) is 5.75 Å². The number of nitrogens with zero attached hydrogens (tertiary/aromatic N) is 1. The van der Waals surface area contributed by atoms with E-state index >= 15 is 0 Å². The summed E-state index contributed by atoms with van der Waals surface area (Å²) >= 11 is 3.27. The smallest absolute Gasteiger partial charge is 0.311 e. The molecule has 104 valence electrons. The second-order valence-corrected chi connectivity index (χ2v) is 7.02. The summed E-state index contributed by atoms with van der Waals surface area (Å²) in [6.45, 7) is 2.60. The van der Waals surface area contributed by atoms with Crippen LogP contribution >= 0.6 is 23.1 Å². The van der Waals surface area contributed by atoms with Crippen molar-refractivity contribution in [3.05, 3.63) is 22.4 Å². The van der Waals surface area contributed by atoms with Crippen LogP contribution in [0.2, 0.25) is 0 Å². The van der Waals surface area contributed by atoms with Crippen LogP contribution in [0.1, 0.15) is 18.2 Å². The number of carboxylic acid groups (broad SMARTS) is 1. The molecule has 0 spiro atoms. The zero-order valence-electron chi connectivity index (χ0n) is 10.8. The Morgan fingerprint density at radius 2 is 2.37 bits per heavy atom. The Balaban J connectivity index is 1.77. The highest BCUT2D eigenvalue weighted by Gasteiger charge is 2.41. The second kappa shape index (κ2) is 5.96. The van der Waals surface area contributed by atoms with E-state index in [2.05, 4.69) is 6.07 Å². The molecule has 1 aliphatic rings. The number of hydrogen-bond donors (Lipinski definition) is 1. The van der Waals surface area contributed by atoms with Crippen LogP contribution in [0, 0.1) is 5.41 Å². The highest BCUT2D eigenvalue weighted by molar-refractivity contribution is 7.99. The van der Waals surface area contributed by atoms with Gasteiger partial charge in [-0.25, -0.2) is 0 Å². The average Bonchev–Trinajstić information content (AvgIpc) is 2.99. The molecule has 1 amide bonds. The molecule has 1 aliphatic heterocycles. The zero-order chi connectivity index (χ0) is 13.9. The summed E-state index contributed by atoms with van der Waals surface area (Å²) in [5.41, 5.74) is -0.770. The molecule has 2 rings (SSSR count). The van der Waals surface area contributed by atoms with Crippen molar-refractivity contribution in [1.82, 2.24) is 4.90 Å². The van der Waals surface area contributed by atoms with Gasteiger partial charge in [-0.2, -0.15) is 0 Å². The minimum absolute atomic E-state index is 0.0477. The van der Waals surface area contributed by atoms with Crippen LogP contribution in [0.5, 0.6) is 0 Å². The molecule has 1 aromatic heterocycles. The van der Waals surface area contributed by atoms with Crippen molar-refractivity contribution in [1.29, 1.82) is 0 Å². The molecule has 1 fully saturated rings. The van der Waals surface area contributed by atoms with Gasteiger partial charge in [0.2, 0.25) is 5.91 Å². The van der Waals surface area contributed by atoms with Gasteiger partial charge in [-0.3, -0.25) is 9.59 Å². The molecule has 1 aromatic rings. The third-order valence-electron chi connectivity index (χ3n) is 3.39. The molecule has 1 atom stereocenters. The minimum atomic E-state index is -0.811. The maximum Gasteiger partial charge on any atom is 0.311 e. The quantitative estimate of drug-likeness (QED) is 0.906. The van der Waals surface area contributed by atoms with Crippen LogP contribution in [0.15, 0.2) is 17.5 Å². The van der Waals surface area contributed by atoms with Gasteiger partial charge in [0.15, 0.2) is 0 Å². The molecule has 0 radical (unpaired) electrons. The van der Waals surface area contributed by atoms with Crippen LogP contribution in [-0.2, 0) is 15.3 Å². The van der Waals surface area contributed by atoms with Crippen molar-refractivity contribution in [2.45, 2.75) is 19.1 Å². The van der Waals surface area contributed by atoms with Gasteiger partial charge < -0.3 is 10.0 Å². The Morgan fingerprint density at radius 3 is 2.95 bits per heavy atom. The van der Waals surface area contributed by atoms with Crippen LogP contribution in [0.3, 0.4) is 0 Å². The summed E-state index contributed by atoms with van der Waals surface area (Å²) in [6.07, 6.45) is 0.545. The van der Waals surface area contributed by atoms with Crippen LogP contribution in [0.4, 0.5) is 0 Å². The molecule has 0 aromatic carbocycles. The lowest BCUT2D eigenvalue weighted by molar-refractivity contribution is -0.147. The van der Waals surface area contributed by atoms with Crippen molar-refractivity contribution < 1.29 is 14.7 Å². The molecule has 19 heavy (non-hydrogen) atoms. The highest BCUT2D eigenvalue weighted by Crippen LogP contribution is 2.30. The molecule has 0 saturated carbocycles. The highest BCUT2D eigenvalue weighted by atomic mass is 32.2. The lowest BCUT2D eigenvalue weighted by Gasteiger charge is -2.20. The molecule has 1 unspecified atom stereocenters. The number of amides is 1. The number of thioether (sulfide) groups is 1. The molecule has 1 N–H and O–H groups in total. The number of carbonyl (C=O) groups is 2. The maximum absolute atomic E-state index is 12.0. The van der Waals surface area contributed by atoms with Gasteiger partial charge in [-0.05, 0) is 24.8 Å². The number of aliphatic carboxylic acids is 1. The first kappa shape index (κ1) is 14.4. The van der Waals surface area contributed by atoms with Gasteiger partial charge in [0.05, 0.1) is 11.2 Å². The van der Waals surface area contributed by atoms with Gasteiger partial charge in [-0.1, -0.05) is 6.07 Å². The Bertz CT molecular complexity index is 460. The van der Waals surface area contributed by atoms with Gasteiger partial charge >= 0.3 is 5.97 Å². The number of thiophene rings is 1. The fraction of sp³-hybridized carbons (Fsp3) is 0.538. The first-order valence-corrected chi connectivity index (χ1v) is 8.16. The van der Waals surface area contributed by atoms with Crippen molar-refractivity contribution in [3.8, 4) is 0 Å². The van der Waals surface area contributed by atoms with E-state index in [1.54, 1.807) is 34.9 Å². The molecular formula is C13H17NO3S2. The zero-order valence-corrected chi connectivity index (χ0v) is 12.4.